The minimum Gasteiger partial charge on any atom is -0.478 e. The van der Waals surface area contributed by atoms with Crippen molar-refractivity contribution in [3.63, 3.8) is 0 Å². The fraction of sp³-hybridized carbons (Fsp3) is 0.679. The minimum absolute atomic E-state index is 0.194. The van der Waals surface area contributed by atoms with Crippen LogP contribution in [0.5, 0.6) is 5.88 Å². The second-order valence-electron chi connectivity index (χ2n) is 11.6. The van der Waals surface area contributed by atoms with Crippen molar-refractivity contribution in [2.75, 3.05) is 39.5 Å². The van der Waals surface area contributed by atoms with E-state index in [0.29, 0.717) is 24.1 Å². The molecule has 0 bridgehead atoms. The summed E-state index contributed by atoms with van der Waals surface area (Å²) in [4.78, 5) is 7.42. The van der Waals surface area contributed by atoms with E-state index in [1.807, 2.05) is 13.0 Å². The number of primary sulfonamides is 1. The fourth-order valence-corrected chi connectivity index (χ4v) is 6.21. The van der Waals surface area contributed by atoms with Gasteiger partial charge in [-0.1, -0.05) is 40.0 Å². The topological polar surface area (TPSA) is 99.7 Å². The molecule has 206 valence electrons. The third kappa shape index (κ3) is 7.34. The number of pyridine rings is 1. The first kappa shape index (κ1) is 28.1. The number of ether oxygens (including phenoxy) is 2. The average molecular weight is 533 g/mol. The van der Waals surface area contributed by atoms with Crippen LogP contribution < -0.4 is 9.88 Å². The molecule has 2 aliphatic rings. The van der Waals surface area contributed by atoms with Crippen molar-refractivity contribution in [1.29, 1.82) is 0 Å². The van der Waals surface area contributed by atoms with E-state index in [0.717, 1.165) is 62.8 Å². The molecule has 0 radical (unpaired) electrons. The smallest absolute Gasteiger partial charge is 0.239 e. The van der Waals surface area contributed by atoms with Crippen LogP contribution in [0.15, 0.2) is 23.1 Å². The van der Waals surface area contributed by atoms with E-state index in [9.17, 15) is 8.42 Å². The van der Waals surface area contributed by atoms with Gasteiger partial charge in [-0.05, 0) is 44.2 Å². The summed E-state index contributed by atoms with van der Waals surface area (Å²) in [6, 6.07) is 5.75. The zero-order valence-corrected chi connectivity index (χ0v) is 23.8. The monoisotopic (exact) mass is 532 g/mol. The van der Waals surface area contributed by atoms with E-state index in [-0.39, 0.29) is 10.3 Å². The molecule has 1 aliphatic carbocycles. The van der Waals surface area contributed by atoms with Crippen LogP contribution in [-0.2, 0) is 26.7 Å². The Kier molecular flexibility index (Phi) is 8.99. The summed E-state index contributed by atoms with van der Waals surface area (Å²) >= 11 is 0. The van der Waals surface area contributed by atoms with Gasteiger partial charge in [0.1, 0.15) is 4.90 Å². The minimum atomic E-state index is -3.84. The second-order valence-corrected chi connectivity index (χ2v) is 13.2. The quantitative estimate of drug-likeness (QED) is 0.478. The molecule has 2 aromatic rings. The highest BCUT2D eigenvalue weighted by molar-refractivity contribution is 7.89. The van der Waals surface area contributed by atoms with Gasteiger partial charge >= 0.3 is 0 Å². The lowest BCUT2D eigenvalue weighted by molar-refractivity contribution is 0.0357. The van der Waals surface area contributed by atoms with Crippen LogP contribution in [-0.4, -0.2) is 62.3 Å². The first-order valence-corrected chi connectivity index (χ1v) is 15.3. The van der Waals surface area contributed by atoms with Crippen LogP contribution in [0.3, 0.4) is 0 Å². The normalized spacial score (nSPS) is 18.3. The van der Waals surface area contributed by atoms with Gasteiger partial charge in [0.25, 0.3) is 0 Å². The zero-order chi connectivity index (χ0) is 26.6. The third-order valence-electron chi connectivity index (χ3n) is 7.63. The molecule has 1 aliphatic heterocycles. The maximum Gasteiger partial charge on any atom is 0.239 e. The number of hydrogen-bond donors (Lipinski definition) is 1. The molecular formula is C28H44N4O4S. The molecule has 8 nitrogen and oxygen atoms in total. The molecule has 0 atom stereocenters. The first-order valence-electron chi connectivity index (χ1n) is 13.7. The maximum absolute atomic E-state index is 12.5. The van der Waals surface area contributed by atoms with Crippen molar-refractivity contribution in [2.45, 2.75) is 83.1 Å². The van der Waals surface area contributed by atoms with Gasteiger partial charge in [-0.2, -0.15) is 0 Å². The molecule has 0 unspecified atom stereocenters. The lowest BCUT2D eigenvalue weighted by Crippen LogP contribution is -2.37. The van der Waals surface area contributed by atoms with Gasteiger partial charge in [0.15, 0.2) is 0 Å². The van der Waals surface area contributed by atoms with Gasteiger partial charge in [-0.15, -0.1) is 0 Å². The average Bonchev–Trinajstić information content (AvgIpc) is 3.19. The van der Waals surface area contributed by atoms with Crippen molar-refractivity contribution in [1.82, 2.24) is 14.5 Å². The Morgan fingerprint density at radius 1 is 1.11 bits per heavy atom. The maximum atomic E-state index is 12.5. The zero-order valence-electron chi connectivity index (χ0n) is 23.0. The number of rotatable bonds is 9. The molecule has 0 aromatic carbocycles. The van der Waals surface area contributed by atoms with Crippen LogP contribution >= 0.6 is 0 Å². The lowest BCUT2D eigenvalue weighted by atomic mass is 9.89. The summed E-state index contributed by atoms with van der Waals surface area (Å²) in [5, 5.41) is 5.63. The van der Waals surface area contributed by atoms with Gasteiger partial charge in [0, 0.05) is 54.6 Å². The van der Waals surface area contributed by atoms with Gasteiger partial charge in [0.2, 0.25) is 15.9 Å². The number of hydrogen-bond acceptors (Lipinski definition) is 6. The van der Waals surface area contributed by atoms with E-state index in [1.165, 1.54) is 32.1 Å². The Morgan fingerprint density at radius 3 is 2.46 bits per heavy atom. The summed E-state index contributed by atoms with van der Waals surface area (Å²) in [6.07, 6.45) is 6.99. The van der Waals surface area contributed by atoms with E-state index < -0.39 is 10.0 Å². The summed E-state index contributed by atoms with van der Waals surface area (Å²) in [5.74, 6) is 1.11. The van der Waals surface area contributed by atoms with E-state index in [4.69, 9.17) is 19.6 Å². The van der Waals surface area contributed by atoms with Gasteiger partial charge in [-0.3, -0.25) is 4.90 Å². The number of sulfonamides is 1. The van der Waals surface area contributed by atoms with Crippen molar-refractivity contribution >= 4 is 10.0 Å². The second kappa shape index (κ2) is 11.8. The predicted molar refractivity (Wildman–Crippen MR) is 146 cm³/mol. The Morgan fingerprint density at radius 2 is 1.81 bits per heavy atom. The molecule has 3 heterocycles. The highest BCUT2D eigenvalue weighted by Gasteiger charge is 2.25. The van der Waals surface area contributed by atoms with Gasteiger partial charge in [0.05, 0.1) is 25.5 Å². The van der Waals surface area contributed by atoms with E-state index >= 15 is 0 Å². The summed E-state index contributed by atoms with van der Waals surface area (Å²) in [5.41, 5.74) is 3.19. The highest BCUT2D eigenvalue weighted by Crippen LogP contribution is 2.35. The SMILES string of the molecule is Cc1c(S(N)(=O)=O)cc(-c2cc(OCCCN3CCOCC3)nc(C(C)(C)C)c2)n1CC1CCCCC1. The molecule has 2 N–H and O–H groups in total. The van der Waals surface area contributed by atoms with Crippen LogP contribution in [0, 0.1) is 12.8 Å². The lowest BCUT2D eigenvalue weighted by Gasteiger charge is -2.26. The largest absolute Gasteiger partial charge is 0.478 e. The molecule has 0 spiro atoms. The molecule has 1 saturated heterocycles. The molecule has 4 rings (SSSR count). The van der Waals surface area contributed by atoms with Crippen LogP contribution in [0.25, 0.3) is 11.3 Å². The van der Waals surface area contributed by atoms with Gasteiger partial charge < -0.3 is 14.0 Å². The fourth-order valence-electron chi connectivity index (χ4n) is 5.41. The van der Waals surface area contributed by atoms with Crippen molar-refractivity contribution in [3.8, 4) is 17.1 Å². The number of morpholine rings is 1. The number of nitrogens with zero attached hydrogens (tertiary/aromatic N) is 3. The van der Waals surface area contributed by atoms with E-state index in [2.05, 4.69) is 36.3 Å². The molecule has 2 aromatic heterocycles. The Bertz CT molecular complexity index is 1160. The molecule has 9 heteroatoms. The molecule has 0 amide bonds. The van der Waals surface area contributed by atoms with Crippen LogP contribution in [0.4, 0.5) is 0 Å². The van der Waals surface area contributed by atoms with Gasteiger partial charge in [-0.25, -0.2) is 18.5 Å². The molecule has 37 heavy (non-hydrogen) atoms. The van der Waals surface area contributed by atoms with Crippen molar-refractivity contribution < 1.29 is 17.9 Å². The van der Waals surface area contributed by atoms with Crippen LogP contribution in [0.1, 0.15) is 70.7 Å². The Labute approximate surface area is 222 Å². The first-order chi connectivity index (χ1) is 17.5. The number of nitrogens with two attached hydrogens (primary N) is 1. The van der Waals surface area contributed by atoms with Crippen molar-refractivity contribution in [3.05, 3.63) is 29.6 Å². The molecule has 1 saturated carbocycles. The number of aromatic nitrogens is 2. The van der Waals surface area contributed by atoms with Crippen molar-refractivity contribution in [2.24, 2.45) is 11.1 Å². The standard InChI is InChI=1S/C28H44N4O4S/c1-21-25(37(29,33)34)19-24(32(21)20-22-9-6-5-7-10-22)23-17-26(28(2,3)4)30-27(18-23)36-14-8-11-31-12-15-35-16-13-31/h17-19,22H,5-16,20H2,1-4H3,(H2,29,33,34). The summed E-state index contributed by atoms with van der Waals surface area (Å²) < 4.78 is 38.7. The Hall–Kier alpha value is -1.94. The van der Waals surface area contributed by atoms with Crippen LogP contribution in [0.2, 0.25) is 0 Å². The summed E-state index contributed by atoms with van der Waals surface area (Å²) in [6.45, 7) is 14.1. The Balaban J connectivity index is 1.64. The summed E-state index contributed by atoms with van der Waals surface area (Å²) in [7, 11) is -3.84. The molecular weight excluding hydrogens is 488 g/mol. The van der Waals surface area contributed by atoms with E-state index in [1.54, 1.807) is 6.07 Å². The third-order valence-corrected chi connectivity index (χ3v) is 8.66. The predicted octanol–water partition coefficient (Wildman–Crippen LogP) is 4.48. The molecule has 2 fully saturated rings. The highest BCUT2D eigenvalue weighted by atomic mass is 32.2.